The van der Waals surface area contributed by atoms with E-state index in [2.05, 4.69) is 0 Å². The van der Waals surface area contributed by atoms with Crippen molar-refractivity contribution in [1.29, 1.82) is 5.26 Å². The minimum atomic E-state index is 0. The molecule has 0 bridgehead atoms. The van der Waals surface area contributed by atoms with Gasteiger partial charge >= 0.3 is 0 Å². The molecule has 0 aromatic carbocycles. The van der Waals surface area contributed by atoms with Gasteiger partial charge in [-0.1, -0.05) is 6.42 Å². The monoisotopic (exact) mass is 187 g/mol. The summed E-state index contributed by atoms with van der Waals surface area (Å²) in [6.07, 6.45) is 3.71. The third kappa shape index (κ3) is 3.11. The molecule has 0 unspecified atom stereocenters. The smallest absolute Gasteiger partial charge is 0.233 e. The topological polar surface area (TPSA) is 79.1 Å². The zero-order valence-electron chi connectivity index (χ0n) is 6.95. The molecule has 68 valence electrons. The van der Waals surface area contributed by atoms with E-state index in [0.29, 0.717) is 6.42 Å². The van der Waals surface area contributed by atoms with Crippen molar-refractivity contribution in [2.24, 2.45) is 0 Å². The fraction of sp³-hybridized carbons (Fsp3) is 0.714. The summed E-state index contributed by atoms with van der Waals surface area (Å²) >= 11 is 0.963. The van der Waals surface area contributed by atoms with Crippen LogP contribution in [-0.4, -0.2) is 16.8 Å². The van der Waals surface area contributed by atoms with E-state index in [1.54, 1.807) is 4.31 Å². The van der Waals surface area contributed by atoms with Gasteiger partial charge in [-0.3, -0.25) is 9.10 Å². The van der Waals surface area contributed by atoms with E-state index in [-0.39, 0.29) is 12.1 Å². The molecule has 1 rings (SSSR count). The number of hydrogen-bond acceptors (Lipinski definition) is 4. The molecule has 0 aliphatic carbocycles. The SMILES string of the molecule is N.N#CSN1CCCCCC1=O. The van der Waals surface area contributed by atoms with E-state index >= 15 is 0 Å². The highest BCUT2D eigenvalue weighted by molar-refractivity contribution is 8.02. The van der Waals surface area contributed by atoms with Gasteiger partial charge in [0, 0.05) is 13.0 Å². The molecule has 0 atom stereocenters. The predicted octanol–water partition coefficient (Wildman–Crippen LogP) is 1.68. The Hall–Kier alpha value is -0.730. The molecule has 3 N–H and O–H groups in total. The molecule has 1 amide bonds. The first-order valence-corrected chi connectivity index (χ1v) is 4.48. The van der Waals surface area contributed by atoms with Gasteiger partial charge in [-0.15, -0.1) is 0 Å². The average Bonchev–Trinajstić information content (AvgIpc) is 2.18. The van der Waals surface area contributed by atoms with Crippen molar-refractivity contribution in [1.82, 2.24) is 10.5 Å². The van der Waals surface area contributed by atoms with Crippen molar-refractivity contribution in [3.05, 3.63) is 0 Å². The van der Waals surface area contributed by atoms with Gasteiger partial charge in [0.05, 0.1) is 11.9 Å². The van der Waals surface area contributed by atoms with E-state index in [0.717, 1.165) is 37.8 Å². The van der Waals surface area contributed by atoms with Gasteiger partial charge < -0.3 is 6.15 Å². The molecule has 1 aliphatic rings. The summed E-state index contributed by atoms with van der Waals surface area (Å²) in [5, 5.41) is 10.3. The number of rotatable bonds is 1. The second-order valence-electron chi connectivity index (χ2n) is 2.49. The second-order valence-corrected chi connectivity index (χ2v) is 3.30. The van der Waals surface area contributed by atoms with Crippen LogP contribution in [0.2, 0.25) is 0 Å². The third-order valence-corrected chi connectivity index (χ3v) is 2.37. The fourth-order valence-electron chi connectivity index (χ4n) is 1.10. The van der Waals surface area contributed by atoms with E-state index in [9.17, 15) is 4.79 Å². The van der Waals surface area contributed by atoms with Crippen LogP contribution in [0.15, 0.2) is 0 Å². The number of thiocyanates is 1. The lowest BCUT2D eigenvalue weighted by Gasteiger charge is -2.13. The van der Waals surface area contributed by atoms with E-state index < -0.39 is 0 Å². The molecule has 5 heteroatoms. The van der Waals surface area contributed by atoms with Crippen molar-refractivity contribution in [3.63, 3.8) is 0 Å². The van der Waals surface area contributed by atoms with Crippen LogP contribution in [0.4, 0.5) is 0 Å². The Morgan fingerprint density at radius 3 is 2.83 bits per heavy atom. The van der Waals surface area contributed by atoms with Crippen molar-refractivity contribution in [2.75, 3.05) is 6.54 Å². The molecule has 0 aromatic heterocycles. The lowest BCUT2D eigenvalue weighted by atomic mass is 10.2. The molecule has 0 spiro atoms. The summed E-state index contributed by atoms with van der Waals surface area (Å²) in [6.45, 7) is 0.733. The molecule has 1 saturated heterocycles. The van der Waals surface area contributed by atoms with Crippen molar-refractivity contribution in [2.45, 2.75) is 25.7 Å². The maximum absolute atomic E-state index is 11.2. The van der Waals surface area contributed by atoms with Gasteiger partial charge in [0.15, 0.2) is 5.40 Å². The van der Waals surface area contributed by atoms with Crippen molar-refractivity contribution >= 4 is 17.9 Å². The normalized spacial score (nSPS) is 17.6. The number of carbonyl (C=O) groups is 1. The summed E-state index contributed by atoms with van der Waals surface area (Å²) in [4.78, 5) is 11.2. The molecule has 1 fully saturated rings. The number of nitriles is 1. The van der Waals surface area contributed by atoms with Crippen LogP contribution in [0.1, 0.15) is 25.7 Å². The van der Waals surface area contributed by atoms with Gasteiger partial charge in [0.1, 0.15) is 0 Å². The lowest BCUT2D eigenvalue weighted by Crippen LogP contribution is -2.22. The first-order valence-electron chi connectivity index (χ1n) is 3.71. The van der Waals surface area contributed by atoms with Gasteiger partial charge in [-0.25, -0.2) is 0 Å². The summed E-state index contributed by atoms with van der Waals surface area (Å²) in [5.74, 6) is 0.106. The first-order chi connectivity index (χ1) is 5.34. The Morgan fingerprint density at radius 2 is 2.17 bits per heavy atom. The molecule has 4 nitrogen and oxygen atoms in total. The zero-order chi connectivity index (χ0) is 8.10. The Bertz CT molecular complexity index is 190. The molecular formula is C7H13N3OS. The van der Waals surface area contributed by atoms with Gasteiger partial charge in [-0.05, 0) is 12.8 Å². The first kappa shape index (κ1) is 11.3. The van der Waals surface area contributed by atoms with Gasteiger partial charge in [0.25, 0.3) is 0 Å². The van der Waals surface area contributed by atoms with Gasteiger partial charge in [0.2, 0.25) is 5.91 Å². The van der Waals surface area contributed by atoms with E-state index in [1.165, 1.54) is 0 Å². The summed E-state index contributed by atoms with van der Waals surface area (Å²) in [7, 11) is 0. The van der Waals surface area contributed by atoms with Crippen LogP contribution < -0.4 is 6.15 Å². The predicted molar refractivity (Wildman–Crippen MR) is 48.4 cm³/mol. The summed E-state index contributed by atoms with van der Waals surface area (Å²) in [6, 6.07) is 0. The highest BCUT2D eigenvalue weighted by Gasteiger charge is 2.16. The minimum absolute atomic E-state index is 0. The summed E-state index contributed by atoms with van der Waals surface area (Å²) in [5.41, 5.74) is 0. The largest absolute Gasteiger partial charge is 0.344 e. The van der Waals surface area contributed by atoms with Gasteiger partial charge in [-0.2, -0.15) is 5.26 Å². The maximum atomic E-state index is 11.2. The molecular weight excluding hydrogens is 174 g/mol. The lowest BCUT2D eigenvalue weighted by molar-refractivity contribution is -0.125. The van der Waals surface area contributed by atoms with Crippen LogP contribution in [0.25, 0.3) is 0 Å². The number of hydrogen-bond donors (Lipinski definition) is 1. The quantitative estimate of drug-likeness (QED) is 0.500. The molecule has 1 aliphatic heterocycles. The standard InChI is InChI=1S/C7H10N2OS.H3N/c8-6-11-9-5-3-1-2-4-7(9)10;/h1-5H2;1H3. The Kier molecular flexibility index (Phi) is 5.51. The molecule has 0 aromatic rings. The Balaban J connectivity index is 0.00000121. The van der Waals surface area contributed by atoms with Crippen LogP contribution in [0.3, 0.4) is 0 Å². The summed E-state index contributed by atoms with van der Waals surface area (Å²) < 4.78 is 1.56. The van der Waals surface area contributed by atoms with Crippen molar-refractivity contribution in [3.8, 4) is 5.40 Å². The van der Waals surface area contributed by atoms with Crippen LogP contribution in [0.5, 0.6) is 0 Å². The number of carbonyl (C=O) groups excluding carboxylic acids is 1. The Morgan fingerprint density at radius 1 is 1.42 bits per heavy atom. The number of amides is 1. The fourth-order valence-corrected chi connectivity index (χ4v) is 1.62. The highest BCUT2D eigenvalue weighted by Crippen LogP contribution is 2.17. The molecule has 12 heavy (non-hydrogen) atoms. The van der Waals surface area contributed by atoms with Crippen molar-refractivity contribution < 1.29 is 4.79 Å². The number of nitrogens with zero attached hydrogens (tertiary/aromatic N) is 2. The third-order valence-electron chi connectivity index (χ3n) is 1.68. The van der Waals surface area contributed by atoms with E-state index in [4.69, 9.17) is 5.26 Å². The molecule has 0 saturated carbocycles. The van der Waals surface area contributed by atoms with Crippen LogP contribution in [0, 0.1) is 10.7 Å². The van der Waals surface area contributed by atoms with Crippen LogP contribution >= 0.6 is 11.9 Å². The average molecular weight is 187 g/mol. The zero-order valence-corrected chi connectivity index (χ0v) is 7.77. The molecule has 1 heterocycles. The second kappa shape index (κ2) is 5.86. The Labute approximate surface area is 76.6 Å². The molecule has 0 radical (unpaired) electrons. The maximum Gasteiger partial charge on any atom is 0.233 e. The minimum Gasteiger partial charge on any atom is -0.344 e. The highest BCUT2D eigenvalue weighted by atomic mass is 32.2. The van der Waals surface area contributed by atoms with E-state index in [1.807, 2.05) is 5.40 Å². The van der Waals surface area contributed by atoms with Crippen LogP contribution in [-0.2, 0) is 4.79 Å².